The van der Waals surface area contributed by atoms with Crippen LogP contribution >= 0.6 is 11.8 Å². The SMILES string of the molecule is CCNC(CSc1cccc(F)c1)c1cccc(F)c1. The molecule has 0 amide bonds. The van der Waals surface area contributed by atoms with Gasteiger partial charge < -0.3 is 5.32 Å². The lowest BCUT2D eigenvalue weighted by Crippen LogP contribution is -2.23. The highest BCUT2D eigenvalue weighted by atomic mass is 32.2. The summed E-state index contributed by atoms with van der Waals surface area (Å²) in [5, 5.41) is 3.33. The van der Waals surface area contributed by atoms with Gasteiger partial charge in [-0.05, 0) is 42.4 Å². The molecule has 0 radical (unpaired) electrons. The number of nitrogens with one attached hydrogen (secondary N) is 1. The number of thioether (sulfide) groups is 1. The van der Waals surface area contributed by atoms with Crippen molar-refractivity contribution in [2.24, 2.45) is 0 Å². The highest BCUT2D eigenvalue weighted by Gasteiger charge is 2.11. The van der Waals surface area contributed by atoms with Gasteiger partial charge >= 0.3 is 0 Å². The second-order valence-corrected chi connectivity index (χ2v) is 5.53. The Labute approximate surface area is 122 Å². The van der Waals surface area contributed by atoms with Crippen molar-refractivity contribution in [2.45, 2.75) is 17.9 Å². The summed E-state index contributed by atoms with van der Waals surface area (Å²) in [5.41, 5.74) is 0.913. The van der Waals surface area contributed by atoms with Gasteiger partial charge in [-0.3, -0.25) is 0 Å². The van der Waals surface area contributed by atoms with Crippen molar-refractivity contribution < 1.29 is 8.78 Å². The summed E-state index contributed by atoms with van der Waals surface area (Å²) in [6.07, 6.45) is 0. The quantitative estimate of drug-likeness (QED) is 0.792. The first-order valence-corrected chi connectivity index (χ1v) is 7.55. The van der Waals surface area contributed by atoms with E-state index in [1.807, 2.05) is 19.1 Å². The van der Waals surface area contributed by atoms with Crippen molar-refractivity contribution in [3.63, 3.8) is 0 Å². The molecule has 106 valence electrons. The average Bonchev–Trinajstić information content (AvgIpc) is 2.43. The van der Waals surface area contributed by atoms with Gasteiger partial charge in [0.2, 0.25) is 0 Å². The van der Waals surface area contributed by atoms with E-state index in [2.05, 4.69) is 5.32 Å². The fourth-order valence-corrected chi connectivity index (χ4v) is 3.02. The molecule has 0 saturated carbocycles. The molecule has 1 N–H and O–H groups in total. The summed E-state index contributed by atoms with van der Waals surface area (Å²) in [4.78, 5) is 0.879. The fraction of sp³-hybridized carbons (Fsp3) is 0.250. The highest BCUT2D eigenvalue weighted by Crippen LogP contribution is 2.25. The number of rotatable bonds is 6. The molecule has 2 rings (SSSR count). The van der Waals surface area contributed by atoms with Gasteiger partial charge in [0, 0.05) is 16.7 Å². The van der Waals surface area contributed by atoms with Crippen LogP contribution in [-0.2, 0) is 0 Å². The first-order valence-electron chi connectivity index (χ1n) is 6.56. The normalized spacial score (nSPS) is 12.3. The van der Waals surface area contributed by atoms with Gasteiger partial charge in [-0.25, -0.2) is 8.78 Å². The number of halogens is 2. The Morgan fingerprint density at radius 3 is 2.40 bits per heavy atom. The van der Waals surface area contributed by atoms with Crippen molar-refractivity contribution in [1.29, 1.82) is 0 Å². The molecular formula is C16H17F2NS. The molecule has 4 heteroatoms. The lowest BCUT2D eigenvalue weighted by molar-refractivity contribution is 0.588. The van der Waals surface area contributed by atoms with E-state index in [0.29, 0.717) is 0 Å². The van der Waals surface area contributed by atoms with Gasteiger partial charge in [-0.15, -0.1) is 11.8 Å². The van der Waals surface area contributed by atoms with Gasteiger partial charge in [0.15, 0.2) is 0 Å². The second kappa shape index (κ2) is 7.41. The maximum atomic E-state index is 13.3. The van der Waals surface area contributed by atoms with Crippen molar-refractivity contribution in [3.8, 4) is 0 Å². The molecule has 0 aromatic heterocycles. The summed E-state index contributed by atoms with van der Waals surface area (Å²) in [7, 11) is 0. The van der Waals surface area contributed by atoms with Crippen LogP contribution in [0.3, 0.4) is 0 Å². The van der Waals surface area contributed by atoms with Crippen molar-refractivity contribution >= 4 is 11.8 Å². The van der Waals surface area contributed by atoms with Gasteiger partial charge in [0.05, 0.1) is 0 Å². The zero-order valence-corrected chi connectivity index (χ0v) is 12.1. The van der Waals surface area contributed by atoms with Crippen LogP contribution in [0.2, 0.25) is 0 Å². The van der Waals surface area contributed by atoms with E-state index in [4.69, 9.17) is 0 Å². The average molecular weight is 293 g/mol. The molecule has 1 unspecified atom stereocenters. The predicted molar refractivity (Wildman–Crippen MR) is 79.9 cm³/mol. The molecule has 0 aliphatic heterocycles. The number of hydrogen-bond donors (Lipinski definition) is 1. The molecule has 0 aliphatic rings. The van der Waals surface area contributed by atoms with E-state index in [0.717, 1.165) is 22.8 Å². The largest absolute Gasteiger partial charge is 0.309 e. The Morgan fingerprint density at radius 1 is 1.05 bits per heavy atom. The van der Waals surface area contributed by atoms with E-state index in [1.54, 1.807) is 30.0 Å². The van der Waals surface area contributed by atoms with Crippen molar-refractivity contribution in [1.82, 2.24) is 5.32 Å². The maximum absolute atomic E-state index is 13.3. The van der Waals surface area contributed by atoms with E-state index in [9.17, 15) is 8.78 Å². The first kappa shape index (κ1) is 15.0. The smallest absolute Gasteiger partial charge is 0.124 e. The zero-order chi connectivity index (χ0) is 14.4. The number of hydrogen-bond acceptors (Lipinski definition) is 2. The lowest BCUT2D eigenvalue weighted by Gasteiger charge is -2.18. The van der Waals surface area contributed by atoms with E-state index in [-0.39, 0.29) is 17.7 Å². The van der Waals surface area contributed by atoms with Gasteiger partial charge in [0.1, 0.15) is 11.6 Å². The van der Waals surface area contributed by atoms with Gasteiger partial charge in [-0.1, -0.05) is 25.1 Å². The molecule has 1 nitrogen and oxygen atoms in total. The molecular weight excluding hydrogens is 276 g/mol. The molecule has 0 bridgehead atoms. The molecule has 0 aliphatic carbocycles. The third kappa shape index (κ3) is 4.32. The standard InChI is InChI=1S/C16H17F2NS/c1-2-19-16(12-5-3-6-13(17)9-12)11-20-15-8-4-7-14(18)10-15/h3-10,16,19H,2,11H2,1H3. The van der Waals surface area contributed by atoms with Gasteiger partial charge in [0.25, 0.3) is 0 Å². The summed E-state index contributed by atoms with van der Waals surface area (Å²) < 4.78 is 26.4. The predicted octanol–water partition coefficient (Wildman–Crippen LogP) is 4.41. The summed E-state index contributed by atoms with van der Waals surface area (Å²) in [6, 6.07) is 13.2. The van der Waals surface area contributed by atoms with Crippen LogP contribution in [0.1, 0.15) is 18.5 Å². The van der Waals surface area contributed by atoms with Crippen molar-refractivity contribution in [3.05, 3.63) is 65.7 Å². The summed E-state index contributed by atoms with van der Waals surface area (Å²) >= 11 is 1.56. The third-order valence-electron chi connectivity index (χ3n) is 2.91. The molecule has 0 heterocycles. The van der Waals surface area contributed by atoms with Crippen molar-refractivity contribution in [2.75, 3.05) is 12.3 Å². The maximum Gasteiger partial charge on any atom is 0.124 e. The third-order valence-corrected chi connectivity index (χ3v) is 4.00. The molecule has 2 aromatic rings. The van der Waals surface area contributed by atoms with E-state index >= 15 is 0 Å². The molecule has 0 fully saturated rings. The van der Waals surface area contributed by atoms with Crippen LogP contribution < -0.4 is 5.32 Å². The first-order chi connectivity index (χ1) is 9.69. The van der Waals surface area contributed by atoms with Crippen LogP contribution in [0.15, 0.2) is 53.4 Å². The van der Waals surface area contributed by atoms with Crippen LogP contribution in [-0.4, -0.2) is 12.3 Å². The Morgan fingerprint density at radius 2 is 1.75 bits per heavy atom. The molecule has 0 saturated heterocycles. The minimum atomic E-state index is -0.235. The van der Waals surface area contributed by atoms with E-state index in [1.165, 1.54) is 18.2 Å². The van der Waals surface area contributed by atoms with Crippen LogP contribution in [0.25, 0.3) is 0 Å². The summed E-state index contributed by atoms with van der Waals surface area (Å²) in [6.45, 7) is 2.81. The summed E-state index contributed by atoms with van der Waals surface area (Å²) in [5.74, 6) is 0.253. The molecule has 1 atom stereocenters. The monoisotopic (exact) mass is 293 g/mol. The Bertz CT molecular complexity index is 560. The van der Waals surface area contributed by atoms with Crippen LogP contribution in [0.5, 0.6) is 0 Å². The molecule has 20 heavy (non-hydrogen) atoms. The topological polar surface area (TPSA) is 12.0 Å². The minimum Gasteiger partial charge on any atom is -0.309 e. The zero-order valence-electron chi connectivity index (χ0n) is 11.3. The molecule has 0 spiro atoms. The van der Waals surface area contributed by atoms with Crippen LogP contribution in [0.4, 0.5) is 8.78 Å². The Kier molecular flexibility index (Phi) is 5.56. The Hall–Kier alpha value is -1.39. The van der Waals surface area contributed by atoms with Crippen LogP contribution in [0, 0.1) is 11.6 Å². The van der Waals surface area contributed by atoms with E-state index < -0.39 is 0 Å². The lowest BCUT2D eigenvalue weighted by atomic mass is 10.1. The fourth-order valence-electron chi connectivity index (χ4n) is 1.98. The minimum absolute atomic E-state index is 0.0453. The number of benzene rings is 2. The molecule has 2 aromatic carbocycles. The Balaban J connectivity index is 2.06. The highest BCUT2D eigenvalue weighted by molar-refractivity contribution is 7.99. The van der Waals surface area contributed by atoms with Gasteiger partial charge in [-0.2, -0.15) is 0 Å². The second-order valence-electron chi connectivity index (χ2n) is 4.43.